The van der Waals surface area contributed by atoms with Gasteiger partial charge in [-0.2, -0.15) is 5.10 Å². The normalized spacial score (nSPS) is 14.8. The maximum Gasteiger partial charge on any atom is 0.273 e. The summed E-state index contributed by atoms with van der Waals surface area (Å²) >= 11 is 0. The van der Waals surface area contributed by atoms with Crippen LogP contribution in [0.5, 0.6) is 17.2 Å². The maximum atomic E-state index is 13.6. The third-order valence-corrected chi connectivity index (χ3v) is 6.44. The minimum Gasteiger partial charge on any atom is -0.507 e. The standard InChI is InChI=1S/C28H29N3O5/c1-4-5-12-36-22-11-9-18(15-23(22)34-3)27-24-25(20-14-17(2)8-10-21(20)32)29-30-26(24)28(33)31(27)16-19-7-6-13-35-19/h6-11,13-15,27,32H,4-5,12,16H2,1-3H3,(H,29,30)/t27-/m0/s1. The second-order valence-corrected chi connectivity index (χ2v) is 8.91. The summed E-state index contributed by atoms with van der Waals surface area (Å²) in [7, 11) is 1.60. The summed E-state index contributed by atoms with van der Waals surface area (Å²) in [5, 5.41) is 18.0. The van der Waals surface area contributed by atoms with E-state index in [1.54, 1.807) is 30.4 Å². The van der Waals surface area contributed by atoms with Crippen LogP contribution >= 0.6 is 0 Å². The second kappa shape index (κ2) is 9.81. The van der Waals surface area contributed by atoms with Crippen LogP contribution in [0.4, 0.5) is 0 Å². The van der Waals surface area contributed by atoms with Gasteiger partial charge in [0, 0.05) is 11.1 Å². The lowest BCUT2D eigenvalue weighted by Gasteiger charge is -2.26. The minimum atomic E-state index is -0.482. The van der Waals surface area contributed by atoms with Crippen molar-refractivity contribution in [1.29, 1.82) is 0 Å². The number of hydrogen-bond acceptors (Lipinski definition) is 6. The smallest absolute Gasteiger partial charge is 0.273 e. The predicted molar refractivity (Wildman–Crippen MR) is 134 cm³/mol. The minimum absolute atomic E-state index is 0.0998. The van der Waals surface area contributed by atoms with Gasteiger partial charge in [0.05, 0.1) is 32.6 Å². The van der Waals surface area contributed by atoms with E-state index in [9.17, 15) is 9.90 Å². The molecule has 8 nitrogen and oxygen atoms in total. The maximum absolute atomic E-state index is 13.6. The molecule has 1 aliphatic heterocycles. The summed E-state index contributed by atoms with van der Waals surface area (Å²) < 4.78 is 17.1. The van der Waals surface area contributed by atoms with Gasteiger partial charge in [0.1, 0.15) is 22.9 Å². The average molecular weight is 488 g/mol. The number of aryl methyl sites for hydroxylation is 1. The van der Waals surface area contributed by atoms with Crippen LogP contribution in [0.15, 0.2) is 59.2 Å². The van der Waals surface area contributed by atoms with Crippen molar-refractivity contribution in [2.24, 2.45) is 0 Å². The zero-order valence-corrected chi connectivity index (χ0v) is 20.6. The number of carbonyl (C=O) groups excluding carboxylic acids is 1. The van der Waals surface area contributed by atoms with E-state index in [1.165, 1.54) is 0 Å². The molecule has 0 unspecified atom stereocenters. The molecule has 36 heavy (non-hydrogen) atoms. The molecular weight excluding hydrogens is 458 g/mol. The molecule has 0 spiro atoms. The summed E-state index contributed by atoms with van der Waals surface area (Å²) in [5.74, 6) is 1.81. The van der Waals surface area contributed by atoms with Gasteiger partial charge in [-0.15, -0.1) is 0 Å². The van der Waals surface area contributed by atoms with Gasteiger partial charge in [0.2, 0.25) is 0 Å². The van der Waals surface area contributed by atoms with Gasteiger partial charge in [-0.1, -0.05) is 31.0 Å². The molecule has 0 saturated carbocycles. The molecule has 2 aromatic carbocycles. The summed E-state index contributed by atoms with van der Waals surface area (Å²) in [6.07, 6.45) is 3.57. The van der Waals surface area contributed by atoms with E-state index >= 15 is 0 Å². The van der Waals surface area contributed by atoms with Crippen LogP contribution < -0.4 is 9.47 Å². The van der Waals surface area contributed by atoms with E-state index in [4.69, 9.17) is 13.9 Å². The first-order chi connectivity index (χ1) is 17.5. The van der Waals surface area contributed by atoms with Crippen molar-refractivity contribution in [3.05, 3.63) is 82.9 Å². The lowest BCUT2D eigenvalue weighted by atomic mass is 9.94. The second-order valence-electron chi connectivity index (χ2n) is 8.91. The molecule has 0 radical (unpaired) electrons. The van der Waals surface area contributed by atoms with E-state index in [1.807, 2.05) is 43.3 Å². The first-order valence-electron chi connectivity index (χ1n) is 12.0. The summed E-state index contributed by atoms with van der Waals surface area (Å²) in [5.41, 5.74) is 4.01. The number of aromatic hydroxyl groups is 1. The predicted octanol–water partition coefficient (Wildman–Crippen LogP) is 5.62. The fourth-order valence-electron chi connectivity index (χ4n) is 4.62. The van der Waals surface area contributed by atoms with E-state index in [0.717, 1.165) is 24.0 Å². The third kappa shape index (κ3) is 4.19. The first-order valence-corrected chi connectivity index (χ1v) is 12.0. The number of unbranched alkanes of at least 4 members (excludes halogenated alkanes) is 1. The third-order valence-electron chi connectivity index (χ3n) is 6.44. The molecule has 186 valence electrons. The number of aromatic amines is 1. The van der Waals surface area contributed by atoms with Crippen LogP contribution in [0.2, 0.25) is 0 Å². The highest BCUT2D eigenvalue weighted by atomic mass is 16.5. The average Bonchev–Trinajstić information content (AvgIpc) is 3.61. The number of carbonyl (C=O) groups is 1. The van der Waals surface area contributed by atoms with E-state index in [2.05, 4.69) is 17.1 Å². The van der Waals surface area contributed by atoms with Gasteiger partial charge in [0.15, 0.2) is 11.5 Å². The quantitative estimate of drug-likeness (QED) is 0.297. The number of nitrogens with zero attached hydrogens (tertiary/aromatic N) is 2. The molecule has 5 rings (SSSR count). The van der Waals surface area contributed by atoms with Crippen LogP contribution in [0.3, 0.4) is 0 Å². The summed E-state index contributed by atoms with van der Waals surface area (Å²) in [6, 6.07) is 14.2. The monoisotopic (exact) mass is 487 g/mol. The molecule has 0 aliphatic carbocycles. The van der Waals surface area contributed by atoms with Gasteiger partial charge in [-0.05, 0) is 55.3 Å². The zero-order chi connectivity index (χ0) is 25.2. The Morgan fingerprint density at radius 2 is 2.03 bits per heavy atom. The number of nitrogens with one attached hydrogen (secondary N) is 1. The number of H-pyrrole nitrogens is 1. The number of phenols is 1. The highest BCUT2D eigenvalue weighted by Crippen LogP contribution is 2.46. The lowest BCUT2D eigenvalue weighted by molar-refractivity contribution is 0.0716. The van der Waals surface area contributed by atoms with Crippen LogP contribution in [-0.4, -0.2) is 39.8 Å². The molecule has 8 heteroatoms. The van der Waals surface area contributed by atoms with E-state index < -0.39 is 6.04 Å². The molecule has 2 aromatic heterocycles. The van der Waals surface area contributed by atoms with E-state index in [0.29, 0.717) is 46.4 Å². The molecule has 4 aromatic rings. The Labute approximate surface area is 209 Å². The van der Waals surface area contributed by atoms with Crippen LogP contribution in [-0.2, 0) is 6.54 Å². The van der Waals surface area contributed by atoms with Crippen molar-refractivity contribution >= 4 is 5.91 Å². The fourth-order valence-corrected chi connectivity index (χ4v) is 4.62. The molecular formula is C28H29N3O5. The van der Waals surface area contributed by atoms with Crippen molar-refractivity contribution in [1.82, 2.24) is 15.1 Å². The number of aromatic nitrogens is 2. The zero-order valence-electron chi connectivity index (χ0n) is 20.6. The largest absolute Gasteiger partial charge is 0.507 e. The number of amides is 1. The number of benzene rings is 2. The van der Waals surface area contributed by atoms with Crippen molar-refractivity contribution in [3.8, 4) is 28.5 Å². The molecule has 0 bridgehead atoms. The molecule has 3 heterocycles. The number of methoxy groups -OCH3 is 1. The van der Waals surface area contributed by atoms with Crippen LogP contribution in [0.25, 0.3) is 11.3 Å². The number of fused-ring (bicyclic) bond motifs is 1. The Bertz CT molecular complexity index is 1380. The van der Waals surface area contributed by atoms with Crippen LogP contribution in [0, 0.1) is 6.92 Å². The van der Waals surface area contributed by atoms with Crippen molar-refractivity contribution in [2.45, 2.75) is 39.3 Å². The number of ether oxygens (including phenoxy) is 2. The Morgan fingerprint density at radius 3 is 2.78 bits per heavy atom. The van der Waals surface area contributed by atoms with Gasteiger partial charge in [-0.25, -0.2) is 0 Å². The Balaban J connectivity index is 1.63. The molecule has 1 aliphatic rings. The van der Waals surface area contributed by atoms with Crippen molar-refractivity contribution in [3.63, 3.8) is 0 Å². The first kappa shape index (κ1) is 23.5. The molecule has 0 saturated heterocycles. The number of phenolic OH excluding ortho intramolecular Hbond substituents is 1. The highest BCUT2D eigenvalue weighted by Gasteiger charge is 2.43. The van der Waals surface area contributed by atoms with Gasteiger partial charge < -0.3 is 23.9 Å². The molecule has 1 atom stereocenters. The van der Waals surface area contributed by atoms with Crippen LogP contribution in [0.1, 0.15) is 58.7 Å². The van der Waals surface area contributed by atoms with Gasteiger partial charge in [-0.3, -0.25) is 9.89 Å². The molecule has 1 amide bonds. The topological polar surface area (TPSA) is 101 Å². The van der Waals surface area contributed by atoms with E-state index in [-0.39, 0.29) is 18.2 Å². The van der Waals surface area contributed by atoms with Crippen molar-refractivity contribution < 1.29 is 23.8 Å². The summed E-state index contributed by atoms with van der Waals surface area (Å²) in [4.78, 5) is 15.3. The highest BCUT2D eigenvalue weighted by molar-refractivity contribution is 6.00. The molecule has 2 N–H and O–H groups in total. The fraction of sp³-hybridized carbons (Fsp3) is 0.286. The number of furan rings is 1. The Kier molecular flexibility index (Phi) is 6.41. The summed E-state index contributed by atoms with van der Waals surface area (Å²) in [6.45, 7) is 4.93. The lowest BCUT2D eigenvalue weighted by Crippen LogP contribution is -2.29. The Hall–Kier alpha value is -4.20. The van der Waals surface area contributed by atoms with Gasteiger partial charge in [0.25, 0.3) is 5.91 Å². The number of hydrogen-bond donors (Lipinski definition) is 2. The SMILES string of the molecule is CCCCOc1ccc([C@H]2c3c(-c4cc(C)ccc4O)n[nH]c3C(=O)N2Cc2ccco2)cc1OC. The van der Waals surface area contributed by atoms with Crippen molar-refractivity contribution in [2.75, 3.05) is 13.7 Å². The Morgan fingerprint density at radius 1 is 1.17 bits per heavy atom. The number of rotatable bonds is 9. The van der Waals surface area contributed by atoms with Gasteiger partial charge >= 0.3 is 0 Å². The molecule has 0 fully saturated rings.